The number of para-hydroxylation sites is 1. The van der Waals surface area contributed by atoms with Crippen molar-refractivity contribution in [2.45, 2.75) is 12.7 Å². The van der Waals surface area contributed by atoms with Gasteiger partial charge in [0.15, 0.2) is 0 Å². The molecule has 8 heteroatoms. The molecule has 0 bridgehead atoms. The third-order valence-electron chi connectivity index (χ3n) is 4.22. The molecule has 1 aromatic heterocycles. The Kier molecular flexibility index (Phi) is 4.28. The molecule has 2 aromatic rings. The summed E-state index contributed by atoms with van der Waals surface area (Å²) in [4.78, 5) is 30.0. The molecule has 5 nitrogen and oxygen atoms in total. The van der Waals surface area contributed by atoms with Gasteiger partial charge >= 0.3 is 6.18 Å². The number of halogens is 3. The standard InChI is InChI=1S/C17H16F3N3O2/c1-22-6-7-23(10-11-4-2-3-5-14(11)22)16(25)13-8-12(17(18,19)20)9-21-15(13)24/h2-5,8-9H,6-7,10H2,1H3,(H,21,24). The molecule has 1 N–H and O–H groups in total. The average molecular weight is 351 g/mol. The molecule has 0 saturated heterocycles. The van der Waals surface area contributed by atoms with Crippen LogP contribution in [0.2, 0.25) is 0 Å². The van der Waals surface area contributed by atoms with Crippen molar-refractivity contribution in [3.63, 3.8) is 0 Å². The molecule has 0 aliphatic carbocycles. The number of carbonyl (C=O) groups excluding carboxylic acids is 1. The Morgan fingerprint density at radius 2 is 1.92 bits per heavy atom. The number of alkyl halides is 3. The summed E-state index contributed by atoms with van der Waals surface area (Å²) in [6.07, 6.45) is -4.06. The van der Waals surface area contributed by atoms with Crippen molar-refractivity contribution < 1.29 is 18.0 Å². The zero-order valence-electron chi connectivity index (χ0n) is 13.4. The van der Waals surface area contributed by atoms with E-state index in [-0.39, 0.29) is 6.54 Å². The van der Waals surface area contributed by atoms with Crippen LogP contribution in [0.1, 0.15) is 21.5 Å². The van der Waals surface area contributed by atoms with E-state index in [4.69, 9.17) is 0 Å². The van der Waals surface area contributed by atoms with Gasteiger partial charge in [-0.05, 0) is 17.7 Å². The Bertz CT molecular complexity index is 861. The van der Waals surface area contributed by atoms with Gasteiger partial charge in [-0.15, -0.1) is 0 Å². The van der Waals surface area contributed by atoms with Gasteiger partial charge in [-0.3, -0.25) is 9.59 Å². The lowest BCUT2D eigenvalue weighted by Gasteiger charge is -2.21. The monoisotopic (exact) mass is 351 g/mol. The van der Waals surface area contributed by atoms with Crippen LogP contribution in [-0.4, -0.2) is 35.9 Å². The summed E-state index contributed by atoms with van der Waals surface area (Å²) >= 11 is 0. The molecule has 1 aliphatic rings. The van der Waals surface area contributed by atoms with E-state index in [1.54, 1.807) is 0 Å². The normalized spacial score (nSPS) is 14.9. The largest absolute Gasteiger partial charge is 0.417 e. The lowest BCUT2D eigenvalue weighted by Crippen LogP contribution is -2.37. The molecule has 2 heterocycles. The van der Waals surface area contributed by atoms with Gasteiger partial charge in [-0.2, -0.15) is 13.2 Å². The molecular formula is C17H16F3N3O2. The van der Waals surface area contributed by atoms with E-state index < -0.39 is 28.8 Å². The van der Waals surface area contributed by atoms with Crippen molar-refractivity contribution in [3.8, 4) is 0 Å². The highest BCUT2D eigenvalue weighted by Gasteiger charge is 2.33. The summed E-state index contributed by atoms with van der Waals surface area (Å²) in [5.41, 5.74) is -0.557. The number of likely N-dealkylation sites (N-methyl/N-ethyl adjacent to an activating group) is 1. The molecule has 0 fully saturated rings. The number of nitrogens with one attached hydrogen (secondary N) is 1. The summed E-state index contributed by atoms with van der Waals surface area (Å²) in [5.74, 6) is -0.711. The number of anilines is 1. The summed E-state index contributed by atoms with van der Waals surface area (Å²) in [7, 11) is 1.88. The van der Waals surface area contributed by atoms with E-state index in [0.29, 0.717) is 25.4 Å². The molecule has 25 heavy (non-hydrogen) atoms. The van der Waals surface area contributed by atoms with Gasteiger partial charge in [0.05, 0.1) is 5.56 Å². The van der Waals surface area contributed by atoms with E-state index >= 15 is 0 Å². The van der Waals surface area contributed by atoms with Gasteiger partial charge in [0.25, 0.3) is 11.5 Å². The second-order valence-corrected chi connectivity index (χ2v) is 5.91. The molecule has 0 unspecified atom stereocenters. The minimum atomic E-state index is -4.63. The van der Waals surface area contributed by atoms with Crippen molar-refractivity contribution in [1.29, 1.82) is 0 Å². The van der Waals surface area contributed by atoms with Crippen molar-refractivity contribution in [2.75, 3.05) is 25.0 Å². The summed E-state index contributed by atoms with van der Waals surface area (Å²) in [6, 6.07) is 8.10. The zero-order chi connectivity index (χ0) is 18.2. The van der Waals surface area contributed by atoms with Crippen molar-refractivity contribution in [3.05, 3.63) is 63.6 Å². The molecule has 0 spiro atoms. The van der Waals surface area contributed by atoms with Crippen molar-refractivity contribution >= 4 is 11.6 Å². The molecule has 1 aromatic carbocycles. The van der Waals surface area contributed by atoms with Gasteiger partial charge in [0, 0.05) is 38.6 Å². The highest BCUT2D eigenvalue weighted by molar-refractivity contribution is 5.94. The Labute approximate surface area is 141 Å². The molecule has 1 aliphatic heterocycles. The number of hydrogen-bond acceptors (Lipinski definition) is 3. The fraction of sp³-hybridized carbons (Fsp3) is 0.294. The van der Waals surface area contributed by atoms with E-state index in [2.05, 4.69) is 0 Å². The van der Waals surface area contributed by atoms with E-state index in [1.165, 1.54) is 4.90 Å². The van der Waals surface area contributed by atoms with Crippen LogP contribution in [0.5, 0.6) is 0 Å². The number of rotatable bonds is 1. The fourth-order valence-corrected chi connectivity index (χ4v) is 2.84. The van der Waals surface area contributed by atoms with Gasteiger partial charge in [0.1, 0.15) is 5.56 Å². The smallest absolute Gasteiger partial charge is 0.373 e. The second-order valence-electron chi connectivity index (χ2n) is 5.91. The SMILES string of the molecule is CN1CCN(C(=O)c2cc(C(F)(F)F)c[nH]c2=O)Cc2ccccc21. The lowest BCUT2D eigenvalue weighted by molar-refractivity contribution is -0.137. The third-order valence-corrected chi connectivity index (χ3v) is 4.22. The molecule has 0 atom stereocenters. The van der Waals surface area contributed by atoms with Crippen LogP contribution in [0.15, 0.2) is 41.3 Å². The molecule has 1 amide bonds. The number of benzene rings is 1. The Balaban J connectivity index is 1.95. The maximum Gasteiger partial charge on any atom is 0.417 e. The fourth-order valence-electron chi connectivity index (χ4n) is 2.84. The highest BCUT2D eigenvalue weighted by atomic mass is 19.4. The van der Waals surface area contributed by atoms with E-state index in [0.717, 1.165) is 11.3 Å². The first kappa shape index (κ1) is 17.1. The summed E-state index contributed by atoms with van der Waals surface area (Å²) < 4.78 is 38.6. The predicted octanol–water partition coefficient (Wildman–Crippen LogP) is 2.49. The molecular weight excluding hydrogens is 335 g/mol. The zero-order valence-corrected chi connectivity index (χ0v) is 13.4. The first-order valence-corrected chi connectivity index (χ1v) is 7.65. The Morgan fingerprint density at radius 3 is 2.64 bits per heavy atom. The number of fused-ring (bicyclic) bond motifs is 1. The minimum Gasteiger partial charge on any atom is -0.373 e. The van der Waals surface area contributed by atoms with Gasteiger partial charge in [-0.1, -0.05) is 18.2 Å². The Morgan fingerprint density at radius 1 is 1.20 bits per heavy atom. The molecule has 0 radical (unpaired) electrons. The lowest BCUT2D eigenvalue weighted by atomic mass is 10.1. The van der Waals surface area contributed by atoms with E-state index in [9.17, 15) is 22.8 Å². The number of aromatic nitrogens is 1. The summed E-state index contributed by atoms with van der Waals surface area (Å²) in [5, 5.41) is 0. The third kappa shape index (κ3) is 3.38. The van der Waals surface area contributed by atoms with Gasteiger partial charge in [-0.25, -0.2) is 0 Å². The second kappa shape index (κ2) is 6.27. The first-order valence-electron chi connectivity index (χ1n) is 7.65. The topological polar surface area (TPSA) is 56.4 Å². The van der Waals surface area contributed by atoms with Crippen molar-refractivity contribution in [2.24, 2.45) is 0 Å². The quantitative estimate of drug-likeness (QED) is 0.859. The van der Waals surface area contributed by atoms with Crippen LogP contribution in [0, 0.1) is 0 Å². The molecule has 3 rings (SSSR count). The van der Waals surface area contributed by atoms with Crippen LogP contribution in [0.25, 0.3) is 0 Å². The molecule has 132 valence electrons. The Hall–Kier alpha value is -2.77. The van der Waals surface area contributed by atoms with Gasteiger partial charge < -0.3 is 14.8 Å². The number of H-pyrrole nitrogens is 1. The summed E-state index contributed by atoms with van der Waals surface area (Å²) in [6.45, 7) is 1.05. The number of pyridine rings is 1. The number of nitrogens with zero attached hydrogens (tertiary/aromatic N) is 2. The van der Waals surface area contributed by atoms with Gasteiger partial charge in [0.2, 0.25) is 0 Å². The number of carbonyl (C=O) groups is 1. The maximum absolute atomic E-state index is 12.9. The molecule has 0 saturated carbocycles. The number of aromatic amines is 1. The predicted molar refractivity (Wildman–Crippen MR) is 86.5 cm³/mol. The van der Waals surface area contributed by atoms with Crippen LogP contribution in [0.3, 0.4) is 0 Å². The number of amides is 1. The minimum absolute atomic E-state index is 0.231. The number of hydrogen-bond donors (Lipinski definition) is 1. The maximum atomic E-state index is 12.9. The van der Waals surface area contributed by atoms with Crippen LogP contribution in [-0.2, 0) is 12.7 Å². The highest BCUT2D eigenvalue weighted by Crippen LogP contribution is 2.29. The first-order chi connectivity index (χ1) is 11.8. The van der Waals surface area contributed by atoms with Crippen molar-refractivity contribution in [1.82, 2.24) is 9.88 Å². The van der Waals surface area contributed by atoms with Crippen LogP contribution >= 0.6 is 0 Å². The van der Waals surface area contributed by atoms with Crippen LogP contribution in [0.4, 0.5) is 18.9 Å². The average Bonchev–Trinajstić information content (AvgIpc) is 2.73. The van der Waals surface area contributed by atoms with Crippen LogP contribution < -0.4 is 10.5 Å². The van der Waals surface area contributed by atoms with E-state index in [1.807, 2.05) is 41.2 Å².